The number of nitrogen functional groups attached to an aromatic ring is 1. The number of hydrogen-bond acceptors (Lipinski definition) is 5. The molecule has 5 heteroatoms. The number of methoxy groups -OCH3 is 3. The number of anilines is 1. The van der Waals surface area contributed by atoms with Crippen LogP contribution < -0.4 is 19.9 Å². The van der Waals surface area contributed by atoms with E-state index in [2.05, 4.69) is 0 Å². The lowest BCUT2D eigenvalue weighted by Crippen LogP contribution is -2.00. The third kappa shape index (κ3) is 3.83. The zero-order valence-corrected chi connectivity index (χ0v) is 13.3. The first-order valence-corrected chi connectivity index (χ1v) is 6.97. The molecule has 120 valence electrons. The molecule has 5 nitrogen and oxygen atoms in total. The highest BCUT2D eigenvalue weighted by Gasteiger charge is 2.15. The zero-order valence-electron chi connectivity index (χ0n) is 13.3. The zero-order chi connectivity index (χ0) is 16.8. The number of ketones is 1. The van der Waals surface area contributed by atoms with Gasteiger partial charge in [-0.05, 0) is 35.9 Å². The second-order valence-electron chi connectivity index (χ2n) is 4.78. The Hall–Kier alpha value is -2.95. The summed E-state index contributed by atoms with van der Waals surface area (Å²) in [5, 5.41) is 0. The van der Waals surface area contributed by atoms with Crippen LogP contribution in [0.25, 0.3) is 6.08 Å². The molecule has 0 heterocycles. The molecule has 2 aromatic carbocycles. The van der Waals surface area contributed by atoms with Gasteiger partial charge in [-0.15, -0.1) is 0 Å². The van der Waals surface area contributed by atoms with E-state index in [4.69, 9.17) is 19.9 Å². The maximum absolute atomic E-state index is 12.4. The van der Waals surface area contributed by atoms with E-state index in [0.29, 0.717) is 28.5 Å². The summed E-state index contributed by atoms with van der Waals surface area (Å²) in [6.45, 7) is 0. The minimum absolute atomic E-state index is 0.166. The number of carbonyl (C=O) groups is 1. The van der Waals surface area contributed by atoms with Crippen LogP contribution in [0.4, 0.5) is 5.69 Å². The molecule has 0 unspecified atom stereocenters. The topological polar surface area (TPSA) is 70.8 Å². The first kappa shape index (κ1) is 16.4. The molecule has 0 saturated heterocycles. The third-order valence-electron chi connectivity index (χ3n) is 3.31. The molecule has 0 aliphatic heterocycles. The Kier molecular flexibility index (Phi) is 5.25. The normalized spacial score (nSPS) is 10.6. The highest BCUT2D eigenvalue weighted by atomic mass is 16.5. The number of hydrogen-bond donors (Lipinski definition) is 1. The molecule has 2 rings (SSSR count). The average Bonchev–Trinajstić information content (AvgIpc) is 2.59. The summed E-state index contributed by atoms with van der Waals surface area (Å²) in [7, 11) is 4.54. The van der Waals surface area contributed by atoms with Crippen molar-refractivity contribution in [2.24, 2.45) is 0 Å². The van der Waals surface area contributed by atoms with Gasteiger partial charge >= 0.3 is 0 Å². The maximum Gasteiger partial charge on any atom is 0.203 e. The van der Waals surface area contributed by atoms with Crippen LogP contribution in [0.3, 0.4) is 0 Å². The van der Waals surface area contributed by atoms with E-state index < -0.39 is 0 Å². The predicted octanol–water partition coefficient (Wildman–Crippen LogP) is 3.19. The van der Waals surface area contributed by atoms with E-state index in [1.54, 1.807) is 30.3 Å². The van der Waals surface area contributed by atoms with Crippen LogP contribution in [-0.2, 0) is 0 Å². The van der Waals surface area contributed by atoms with Crippen molar-refractivity contribution in [2.75, 3.05) is 27.1 Å². The summed E-state index contributed by atoms with van der Waals surface area (Å²) in [6.07, 6.45) is 3.22. The number of allylic oxidation sites excluding steroid dienone is 1. The van der Waals surface area contributed by atoms with E-state index in [1.165, 1.54) is 27.4 Å². The molecule has 0 bridgehead atoms. The fraction of sp³-hybridized carbons (Fsp3) is 0.167. The van der Waals surface area contributed by atoms with Crippen molar-refractivity contribution in [1.29, 1.82) is 0 Å². The Morgan fingerprint density at radius 3 is 2.00 bits per heavy atom. The number of ether oxygens (including phenoxy) is 3. The smallest absolute Gasteiger partial charge is 0.203 e. The van der Waals surface area contributed by atoms with Crippen molar-refractivity contribution in [2.45, 2.75) is 0 Å². The third-order valence-corrected chi connectivity index (χ3v) is 3.31. The summed E-state index contributed by atoms with van der Waals surface area (Å²) < 4.78 is 15.7. The summed E-state index contributed by atoms with van der Waals surface area (Å²) >= 11 is 0. The Morgan fingerprint density at radius 2 is 1.52 bits per heavy atom. The standard InChI is InChI=1S/C18H19NO4/c1-21-16-10-13(11-17(22-2)18(16)23-3)15(20)9-6-12-4-7-14(19)8-5-12/h4-11H,19H2,1-3H3/b9-6+. The summed E-state index contributed by atoms with van der Waals surface area (Å²) in [5.74, 6) is 1.17. The van der Waals surface area contributed by atoms with Crippen molar-refractivity contribution in [3.63, 3.8) is 0 Å². The first-order valence-electron chi connectivity index (χ1n) is 6.97. The highest BCUT2D eigenvalue weighted by Crippen LogP contribution is 2.38. The van der Waals surface area contributed by atoms with Crippen LogP contribution in [0, 0.1) is 0 Å². The van der Waals surface area contributed by atoms with Gasteiger partial charge in [0.25, 0.3) is 0 Å². The van der Waals surface area contributed by atoms with Crippen molar-refractivity contribution in [1.82, 2.24) is 0 Å². The van der Waals surface area contributed by atoms with E-state index in [1.807, 2.05) is 12.1 Å². The largest absolute Gasteiger partial charge is 0.493 e. The van der Waals surface area contributed by atoms with Crippen molar-refractivity contribution < 1.29 is 19.0 Å². The van der Waals surface area contributed by atoms with Crippen LogP contribution >= 0.6 is 0 Å². The Labute approximate surface area is 135 Å². The van der Waals surface area contributed by atoms with Crippen LogP contribution in [-0.4, -0.2) is 27.1 Å². The molecule has 0 atom stereocenters. The molecule has 0 amide bonds. The van der Waals surface area contributed by atoms with Gasteiger partial charge < -0.3 is 19.9 Å². The van der Waals surface area contributed by atoms with Gasteiger partial charge in [0.2, 0.25) is 5.75 Å². The fourth-order valence-corrected chi connectivity index (χ4v) is 2.10. The van der Waals surface area contributed by atoms with Crippen molar-refractivity contribution >= 4 is 17.5 Å². The molecule has 23 heavy (non-hydrogen) atoms. The quantitative estimate of drug-likeness (QED) is 0.504. The van der Waals surface area contributed by atoms with Crippen LogP contribution in [0.15, 0.2) is 42.5 Å². The molecule has 0 radical (unpaired) electrons. The summed E-state index contributed by atoms with van der Waals surface area (Å²) in [4.78, 5) is 12.4. The lowest BCUT2D eigenvalue weighted by Gasteiger charge is -2.13. The molecule has 0 saturated carbocycles. The van der Waals surface area contributed by atoms with E-state index in [9.17, 15) is 4.79 Å². The molecule has 0 fully saturated rings. The Morgan fingerprint density at radius 1 is 0.957 bits per heavy atom. The number of carbonyl (C=O) groups excluding carboxylic acids is 1. The first-order chi connectivity index (χ1) is 11.1. The molecule has 0 aromatic heterocycles. The van der Waals surface area contributed by atoms with E-state index in [0.717, 1.165) is 5.56 Å². The molecular weight excluding hydrogens is 294 g/mol. The minimum Gasteiger partial charge on any atom is -0.493 e. The Bertz CT molecular complexity index is 695. The lowest BCUT2D eigenvalue weighted by molar-refractivity contribution is 0.104. The summed E-state index contributed by atoms with van der Waals surface area (Å²) in [5.41, 5.74) is 7.65. The van der Waals surface area contributed by atoms with Crippen LogP contribution in [0.2, 0.25) is 0 Å². The van der Waals surface area contributed by atoms with Crippen molar-refractivity contribution in [3.05, 3.63) is 53.6 Å². The average molecular weight is 313 g/mol. The molecule has 0 spiro atoms. The molecule has 2 aromatic rings. The number of benzene rings is 2. The van der Waals surface area contributed by atoms with E-state index >= 15 is 0 Å². The minimum atomic E-state index is -0.166. The Balaban J connectivity index is 2.30. The molecule has 2 N–H and O–H groups in total. The maximum atomic E-state index is 12.4. The van der Waals surface area contributed by atoms with Gasteiger partial charge in [0.15, 0.2) is 17.3 Å². The fourth-order valence-electron chi connectivity index (χ4n) is 2.10. The highest BCUT2D eigenvalue weighted by molar-refractivity contribution is 6.07. The number of nitrogens with two attached hydrogens (primary N) is 1. The molecule has 0 aliphatic rings. The van der Waals surface area contributed by atoms with Crippen molar-refractivity contribution in [3.8, 4) is 17.2 Å². The van der Waals surface area contributed by atoms with Gasteiger partial charge in [-0.25, -0.2) is 0 Å². The van der Waals surface area contributed by atoms with Gasteiger partial charge in [-0.3, -0.25) is 4.79 Å². The lowest BCUT2D eigenvalue weighted by atomic mass is 10.1. The van der Waals surface area contributed by atoms with Gasteiger partial charge in [-0.2, -0.15) is 0 Å². The predicted molar refractivity (Wildman–Crippen MR) is 90.3 cm³/mol. The second-order valence-corrected chi connectivity index (χ2v) is 4.78. The van der Waals surface area contributed by atoms with Gasteiger partial charge in [-0.1, -0.05) is 18.2 Å². The second kappa shape index (κ2) is 7.35. The summed E-state index contributed by atoms with van der Waals surface area (Å²) in [6, 6.07) is 10.5. The van der Waals surface area contributed by atoms with Gasteiger partial charge in [0.05, 0.1) is 21.3 Å². The van der Waals surface area contributed by atoms with E-state index in [-0.39, 0.29) is 5.78 Å². The van der Waals surface area contributed by atoms with Crippen LogP contribution in [0.1, 0.15) is 15.9 Å². The van der Waals surface area contributed by atoms with Gasteiger partial charge in [0, 0.05) is 11.3 Å². The van der Waals surface area contributed by atoms with Crippen LogP contribution in [0.5, 0.6) is 17.2 Å². The molecular formula is C18H19NO4. The van der Waals surface area contributed by atoms with Gasteiger partial charge in [0.1, 0.15) is 0 Å². The SMILES string of the molecule is COc1cc(C(=O)/C=C/c2ccc(N)cc2)cc(OC)c1OC. The molecule has 0 aliphatic carbocycles. The number of rotatable bonds is 6. The monoisotopic (exact) mass is 313 g/mol.